The summed E-state index contributed by atoms with van der Waals surface area (Å²) in [5.41, 5.74) is 5.64. The fraction of sp³-hybridized carbons (Fsp3) is 0.917. The summed E-state index contributed by atoms with van der Waals surface area (Å²) in [6.07, 6.45) is 3.65. The van der Waals surface area contributed by atoms with Crippen molar-refractivity contribution < 1.29 is 9.53 Å². The first-order valence-corrected chi connectivity index (χ1v) is 6.25. The number of nitrogens with one attached hydrogen (secondary N) is 1. The maximum absolute atomic E-state index is 11.9. The summed E-state index contributed by atoms with van der Waals surface area (Å²) in [4.78, 5) is 11.9. The Bertz CT molecular complexity index is 213. The van der Waals surface area contributed by atoms with Crippen molar-refractivity contribution >= 4 is 5.91 Å². The van der Waals surface area contributed by atoms with Crippen LogP contribution in [0.4, 0.5) is 0 Å². The molecule has 1 saturated heterocycles. The number of rotatable bonds is 5. The number of carbonyl (C=O) groups is 1. The molecule has 4 heteroatoms. The predicted molar refractivity (Wildman–Crippen MR) is 64.0 cm³/mol. The average molecular weight is 228 g/mol. The van der Waals surface area contributed by atoms with Crippen LogP contribution < -0.4 is 11.1 Å². The van der Waals surface area contributed by atoms with E-state index >= 15 is 0 Å². The Morgan fingerprint density at radius 3 is 2.75 bits per heavy atom. The Morgan fingerprint density at radius 2 is 2.25 bits per heavy atom. The molecule has 2 unspecified atom stereocenters. The third kappa shape index (κ3) is 4.49. The molecule has 0 aliphatic carbocycles. The van der Waals surface area contributed by atoms with Crippen LogP contribution in [-0.2, 0) is 9.53 Å². The average Bonchev–Trinajstić information content (AvgIpc) is 2.28. The molecular weight excluding hydrogens is 204 g/mol. The van der Waals surface area contributed by atoms with Gasteiger partial charge in [-0.2, -0.15) is 0 Å². The molecular formula is C12H24N2O2. The molecule has 1 rings (SSSR count). The largest absolute Gasteiger partial charge is 0.368 e. The Morgan fingerprint density at radius 1 is 1.50 bits per heavy atom. The fourth-order valence-corrected chi connectivity index (χ4v) is 2.02. The highest BCUT2D eigenvalue weighted by molar-refractivity contribution is 5.81. The number of hydrogen-bond donors (Lipinski definition) is 2. The van der Waals surface area contributed by atoms with Crippen LogP contribution in [-0.4, -0.2) is 31.2 Å². The second-order valence-corrected chi connectivity index (χ2v) is 4.93. The van der Waals surface area contributed by atoms with E-state index in [0.717, 1.165) is 25.7 Å². The van der Waals surface area contributed by atoms with Crippen molar-refractivity contribution in [1.29, 1.82) is 0 Å². The Balaban J connectivity index is 2.35. The van der Waals surface area contributed by atoms with Gasteiger partial charge in [-0.05, 0) is 31.6 Å². The van der Waals surface area contributed by atoms with Crippen molar-refractivity contribution in [2.75, 3.05) is 13.2 Å². The number of ether oxygens (including phenoxy) is 1. The lowest BCUT2D eigenvalue weighted by Crippen LogP contribution is -2.47. The van der Waals surface area contributed by atoms with Crippen LogP contribution >= 0.6 is 0 Å². The van der Waals surface area contributed by atoms with Gasteiger partial charge in [0.2, 0.25) is 5.91 Å². The van der Waals surface area contributed by atoms with Crippen molar-refractivity contribution in [2.45, 2.75) is 51.7 Å². The predicted octanol–water partition coefficient (Wildman–Crippen LogP) is 1.05. The van der Waals surface area contributed by atoms with Crippen LogP contribution in [0.5, 0.6) is 0 Å². The Kier molecular flexibility index (Phi) is 5.77. The zero-order valence-corrected chi connectivity index (χ0v) is 10.4. The minimum Gasteiger partial charge on any atom is -0.368 e. The van der Waals surface area contributed by atoms with Gasteiger partial charge < -0.3 is 15.8 Å². The minimum atomic E-state index is -0.255. The third-order valence-electron chi connectivity index (χ3n) is 2.86. The van der Waals surface area contributed by atoms with Crippen LogP contribution in [0.15, 0.2) is 0 Å². The highest BCUT2D eigenvalue weighted by Gasteiger charge is 2.23. The maximum atomic E-state index is 11.9. The molecule has 1 heterocycles. The second-order valence-electron chi connectivity index (χ2n) is 4.93. The van der Waals surface area contributed by atoms with Crippen LogP contribution in [0.3, 0.4) is 0 Å². The number of carbonyl (C=O) groups excluding carboxylic acids is 1. The van der Waals surface area contributed by atoms with Gasteiger partial charge in [0, 0.05) is 19.2 Å². The molecule has 94 valence electrons. The van der Waals surface area contributed by atoms with Gasteiger partial charge in [0.15, 0.2) is 0 Å². The van der Waals surface area contributed by atoms with Crippen molar-refractivity contribution in [1.82, 2.24) is 5.32 Å². The first-order valence-electron chi connectivity index (χ1n) is 6.25. The van der Waals surface area contributed by atoms with E-state index in [9.17, 15) is 4.79 Å². The molecule has 4 nitrogen and oxygen atoms in total. The molecule has 0 spiro atoms. The lowest BCUT2D eigenvalue weighted by Gasteiger charge is -2.25. The summed E-state index contributed by atoms with van der Waals surface area (Å²) in [6.45, 7) is 5.46. The van der Waals surface area contributed by atoms with Gasteiger partial charge in [0.25, 0.3) is 0 Å². The fourth-order valence-electron chi connectivity index (χ4n) is 2.02. The number of hydrogen-bond acceptors (Lipinski definition) is 3. The van der Waals surface area contributed by atoms with Crippen molar-refractivity contribution in [2.24, 2.45) is 11.7 Å². The van der Waals surface area contributed by atoms with E-state index < -0.39 is 0 Å². The van der Waals surface area contributed by atoms with Crippen LogP contribution in [0.1, 0.15) is 39.5 Å². The van der Waals surface area contributed by atoms with E-state index in [1.807, 2.05) is 0 Å². The summed E-state index contributed by atoms with van der Waals surface area (Å²) in [5, 5.41) is 2.98. The molecule has 0 radical (unpaired) electrons. The summed E-state index contributed by atoms with van der Waals surface area (Å²) >= 11 is 0. The normalized spacial score (nSPS) is 23.1. The third-order valence-corrected chi connectivity index (χ3v) is 2.86. The molecule has 3 N–H and O–H groups in total. The zero-order chi connectivity index (χ0) is 12.0. The smallest absolute Gasteiger partial charge is 0.249 e. The summed E-state index contributed by atoms with van der Waals surface area (Å²) in [7, 11) is 0. The summed E-state index contributed by atoms with van der Waals surface area (Å²) in [5.74, 6) is 0.553. The van der Waals surface area contributed by atoms with E-state index in [-0.39, 0.29) is 18.1 Å². The van der Waals surface area contributed by atoms with Gasteiger partial charge in [-0.15, -0.1) is 0 Å². The van der Waals surface area contributed by atoms with Gasteiger partial charge >= 0.3 is 0 Å². The monoisotopic (exact) mass is 228 g/mol. The quantitative estimate of drug-likeness (QED) is 0.739. The van der Waals surface area contributed by atoms with E-state index in [0.29, 0.717) is 19.1 Å². The van der Waals surface area contributed by atoms with E-state index in [2.05, 4.69) is 19.2 Å². The molecule has 1 fully saturated rings. The van der Waals surface area contributed by atoms with Crippen molar-refractivity contribution in [3.63, 3.8) is 0 Å². The lowest BCUT2D eigenvalue weighted by atomic mass is 10.0. The Labute approximate surface area is 97.9 Å². The molecule has 1 amide bonds. The van der Waals surface area contributed by atoms with Gasteiger partial charge in [-0.3, -0.25) is 4.79 Å². The Hall–Kier alpha value is -0.610. The van der Waals surface area contributed by atoms with E-state index in [1.54, 1.807) is 0 Å². The van der Waals surface area contributed by atoms with Crippen LogP contribution in [0.25, 0.3) is 0 Å². The SMILES string of the molecule is CC(C)CC(CN)NC(=O)C1CCCCO1. The maximum Gasteiger partial charge on any atom is 0.249 e. The minimum absolute atomic E-state index is 0.0100. The molecule has 1 aliphatic heterocycles. The first kappa shape index (κ1) is 13.5. The standard InChI is InChI=1S/C12H24N2O2/c1-9(2)7-10(8-13)14-12(15)11-5-3-4-6-16-11/h9-11H,3-8,13H2,1-2H3,(H,14,15). The molecule has 1 aliphatic rings. The van der Waals surface area contributed by atoms with Gasteiger partial charge in [-0.25, -0.2) is 0 Å². The molecule has 2 atom stereocenters. The molecule has 16 heavy (non-hydrogen) atoms. The highest BCUT2D eigenvalue weighted by Crippen LogP contribution is 2.13. The highest BCUT2D eigenvalue weighted by atomic mass is 16.5. The molecule has 0 aromatic rings. The summed E-state index contributed by atoms with van der Waals surface area (Å²) in [6, 6.07) is 0.0815. The van der Waals surface area contributed by atoms with Gasteiger partial charge in [0.1, 0.15) is 6.10 Å². The summed E-state index contributed by atoms with van der Waals surface area (Å²) < 4.78 is 5.44. The molecule has 0 bridgehead atoms. The molecule has 0 saturated carbocycles. The number of amides is 1. The second kappa shape index (κ2) is 6.86. The molecule has 0 aromatic heterocycles. The lowest BCUT2D eigenvalue weighted by molar-refractivity contribution is -0.136. The van der Waals surface area contributed by atoms with Crippen LogP contribution in [0, 0.1) is 5.92 Å². The van der Waals surface area contributed by atoms with Crippen molar-refractivity contribution in [3.05, 3.63) is 0 Å². The topological polar surface area (TPSA) is 64.3 Å². The first-order chi connectivity index (χ1) is 7.63. The van der Waals surface area contributed by atoms with Gasteiger partial charge in [0.05, 0.1) is 0 Å². The van der Waals surface area contributed by atoms with Gasteiger partial charge in [-0.1, -0.05) is 13.8 Å². The number of nitrogens with two attached hydrogens (primary N) is 1. The van der Waals surface area contributed by atoms with E-state index in [1.165, 1.54) is 0 Å². The zero-order valence-electron chi connectivity index (χ0n) is 10.4. The van der Waals surface area contributed by atoms with E-state index in [4.69, 9.17) is 10.5 Å². The molecule has 0 aromatic carbocycles. The van der Waals surface area contributed by atoms with Crippen LogP contribution in [0.2, 0.25) is 0 Å². The van der Waals surface area contributed by atoms with Crippen molar-refractivity contribution in [3.8, 4) is 0 Å².